The van der Waals surface area contributed by atoms with E-state index < -0.39 is 0 Å². The summed E-state index contributed by atoms with van der Waals surface area (Å²) < 4.78 is 5.85. The average Bonchev–Trinajstić information content (AvgIpc) is 2.13. The van der Waals surface area contributed by atoms with Crippen LogP contribution in [0, 0.1) is 0 Å². The molecule has 0 aliphatic carbocycles. The van der Waals surface area contributed by atoms with Gasteiger partial charge in [0, 0.05) is 19.0 Å². The Bertz CT molecular complexity index is 284. The van der Waals surface area contributed by atoms with Gasteiger partial charge in [0.05, 0.1) is 0 Å². The van der Waals surface area contributed by atoms with Crippen LogP contribution in [0.3, 0.4) is 0 Å². The van der Waals surface area contributed by atoms with E-state index in [0.29, 0.717) is 6.04 Å². The summed E-state index contributed by atoms with van der Waals surface area (Å²) in [5.41, 5.74) is 0. The van der Waals surface area contributed by atoms with Crippen molar-refractivity contribution < 1.29 is 4.74 Å². The summed E-state index contributed by atoms with van der Waals surface area (Å²) in [6, 6.07) is 10.6. The van der Waals surface area contributed by atoms with Crippen LogP contribution in [-0.2, 0) is 0 Å². The first-order chi connectivity index (χ1) is 6.77. The normalized spacial score (nSPS) is 22.1. The number of hydrogen-bond donors (Lipinski definition) is 0. The van der Waals surface area contributed by atoms with Gasteiger partial charge in [-0.15, -0.1) is 0 Å². The zero-order chi connectivity index (χ0) is 9.97. The second-order valence-corrected chi connectivity index (χ2v) is 4.01. The Morgan fingerprint density at radius 2 is 2.00 bits per heavy atom. The summed E-state index contributed by atoms with van der Waals surface area (Å²) in [6.45, 7) is 5.58. The highest BCUT2D eigenvalue weighted by Gasteiger charge is 2.31. The van der Waals surface area contributed by atoms with Crippen molar-refractivity contribution in [2.24, 2.45) is 0 Å². The maximum atomic E-state index is 5.85. The lowest BCUT2D eigenvalue weighted by atomic mass is 10.1. The van der Waals surface area contributed by atoms with Gasteiger partial charge in [-0.1, -0.05) is 18.2 Å². The van der Waals surface area contributed by atoms with Gasteiger partial charge in [-0.2, -0.15) is 0 Å². The molecule has 76 valence electrons. The molecule has 0 radical (unpaired) electrons. The number of rotatable bonds is 3. The lowest BCUT2D eigenvalue weighted by molar-refractivity contribution is -0.0736. The van der Waals surface area contributed by atoms with E-state index in [0.717, 1.165) is 18.7 Å². The standard InChI is InChI=1S/C12H17NO/c1-10(2)13-9-8-12(13)14-11-6-4-3-5-7-11/h3-7,10,12H,8-9H2,1-2H3. The van der Waals surface area contributed by atoms with E-state index in [-0.39, 0.29) is 6.23 Å². The molecule has 1 aromatic carbocycles. The lowest BCUT2D eigenvalue weighted by Gasteiger charge is -2.43. The number of likely N-dealkylation sites (tertiary alicyclic amines) is 1. The Kier molecular flexibility index (Phi) is 2.73. The number of ether oxygens (including phenoxy) is 1. The van der Waals surface area contributed by atoms with Crippen molar-refractivity contribution in [1.29, 1.82) is 0 Å². The third kappa shape index (κ3) is 1.90. The molecule has 0 bridgehead atoms. The highest BCUT2D eigenvalue weighted by molar-refractivity contribution is 5.21. The third-order valence-electron chi connectivity index (χ3n) is 2.68. The first-order valence-electron chi connectivity index (χ1n) is 5.25. The zero-order valence-electron chi connectivity index (χ0n) is 8.81. The summed E-state index contributed by atoms with van der Waals surface area (Å²) >= 11 is 0. The molecule has 1 aliphatic rings. The maximum Gasteiger partial charge on any atom is 0.154 e. The van der Waals surface area contributed by atoms with Crippen molar-refractivity contribution in [2.45, 2.75) is 32.5 Å². The van der Waals surface area contributed by atoms with Gasteiger partial charge in [0.2, 0.25) is 0 Å². The fourth-order valence-corrected chi connectivity index (χ4v) is 1.76. The highest BCUT2D eigenvalue weighted by Crippen LogP contribution is 2.23. The molecule has 0 saturated carbocycles. The first-order valence-corrected chi connectivity index (χ1v) is 5.25. The summed E-state index contributed by atoms with van der Waals surface area (Å²) in [6.07, 6.45) is 1.44. The van der Waals surface area contributed by atoms with E-state index in [4.69, 9.17) is 4.74 Å². The van der Waals surface area contributed by atoms with Crippen LogP contribution in [0.2, 0.25) is 0 Å². The van der Waals surface area contributed by atoms with Crippen LogP contribution in [0.1, 0.15) is 20.3 Å². The number of benzene rings is 1. The van der Waals surface area contributed by atoms with Crippen LogP contribution in [0.15, 0.2) is 30.3 Å². The third-order valence-corrected chi connectivity index (χ3v) is 2.68. The van der Waals surface area contributed by atoms with Crippen LogP contribution in [0.25, 0.3) is 0 Å². The monoisotopic (exact) mass is 191 g/mol. The largest absolute Gasteiger partial charge is 0.475 e. The van der Waals surface area contributed by atoms with Gasteiger partial charge >= 0.3 is 0 Å². The molecule has 0 spiro atoms. The van der Waals surface area contributed by atoms with Gasteiger partial charge in [-0.3, -0.25) is 4.90 Å². The predicted molar refractivity (Wildman–Crippen MR) is 57.3 cm³/mol. The fourth-order valence-electron chi connectivity index (χ4n) is 1.76. The summed E-state index contributed by atoms with van der Waals surface area (Å²) in [7, 11) is 0. The molecule has 1 heterocycles. The van der Waals surface area contributed by atoms with Crippen molar-refractivity contribution in [2.75, 3.05) is 6.54 Å². The molecule has 1 saturated heterocycles. The molecular formula is C12H17NO. The fraction of sp³-hybridized carbons (Fsp3) is 0.500. The highest BCUT2D eigenvalue weighted by atomic mass is 16.5. The number of para-hydroxylation sites is 1. The quantitative estimate of drug-likeness (QED) is 0.728. The molecule has 1 atom stereocenters. The van der Waals surface area contributed by atoms with Gasteiger partial charge in [-0.05, 0) is 26.0 Å². The van der Waals surface area contributed by atoms with Gasteiger partial charge in [0.1, 0.15) is 5.75 Å². The summed E-state index contributed by atoms with van der Waals surface area (Å²) in [5.74, 6) is 0.975. The minimum Gasteiger partial charge on any atom is -0.475 e. The molecule has 2 nitrogen and oxygen atoms in total. The second-order valence-electron chi connectivity index (χ2n) is 4.01. The van der Waals surface area contributed by atoms with Gasteiger partial charge in [0.15, 0.2) is 6.23 Å². The summed E-state index contributed by atoms with van der Waals surface area (Å²) in [5, 5.41) is 0. The molecule has 1 fully saturated rings. The first kappa shape index (κ1) is 9.53. The van der Waals surface area contributed by atoms with E-state index in [1.54, 1.807) is 0 Å². The lowest BCUT2D eigenvalue weighted by Crippen LogP contribution is -2.54. The molecule has 14 heavy (non-hydrogen) atoms. The Balaban J connectivity index is 1.93. The number of hydrogen-bond acceptors (Lipinski definition) is 2. The molecule has 0 aromatic heterocycles. The van der Waals surface area contributed by atoms with E-state index in [2.05, 4.69) is 18.7 Å². The van der Waals surface area contributed by atoms with E-state index in [1.807, 2.05) is 30.3 Å². The summed E-state index contributed by atoms with van der Waals surface area (Å²) in [4.78, 5) is 2.37. The van der Waals surface area contributed by atoms with Crippen LogP contribution in [0.4, 0.5) is 0 Å². The zero-order valence-corrected chi connectivity index (χ0v) is 8.81. The molecule has 0 amide bonds. The van der Waals surface area contributed by atoms with Crippen molar-refractivity contribution >= 4 is 0 Å². The maximum absolute atomic E-state index is 5.85. The SMILES string of the molecule is CC(C)N1CCC1Oc1ccccc1. The van der Waals surface area contributed by atoms with Crippen LogP contribution < -0.4 is 4.74 Å². The van der Waals surface area contributed by atoms with Crippen LogP contribution >= 0.6 is 0 Å². The molecule has 1 aliphatic heterocycles. The predicted octanol–water partition coefficient (Wildman–Crippen LogP) is 2.51. The molecule has 1 unspecified atom stereocenters. The Morgan fingerprint density at radius 1 is 1.29 bits per heavy atom. The van der Waals surface area contributed by atoms with Gasteiger partial charge in [0.25, 0.3) is 0 Å². The van der Waals surface area contributed by atoms with Crippen LogP contribution in [0.5, 0.6) is 5.75 Å². The number of nitrogens with zero attached hydrogens (tertiary/aromatic N) is 1. The Hall–Kier alpha value is -1.02. The van der Waals surface area contributed by atoms with Gasteiger partial charge in [-0.25, -0.2) is 0 Å². The molecule has 2 heteroatoms. The molecule has 2 rings (SSSR count). The van der Waals surface area contributed by atoms with Crippen LogP contribution in [-0.4, -0.2) is 23.7 Å². The van der Waals surface area contributed by atoms with E-state index in [1.165, 1.54) is 0 Å². The second kappa shape index (κ2) is 4.01. The molecule has 1 aromatic rings. The van der Waals surface area contributed by atoms with E-state index >= 15 is 0 Å². The topological polar surface area (TPSA) is 12.5 Å². The molecular weight excluding hydrogens is 174 g/mol. The van der Waals surface area contributed by atoms with Crippen molar-refractivity contribution in [3.63, 3.8) is 0 Å². The smallest absolute Gasteiger partial charge is 0.154 e. The van der Waals surface area contributed by atoms with E-state index in [9.17, 15) is 0 Å². The average molecular weight is 191 g/mol. The minimum atomic E-state index is 0.289. The minimum absolute atomic E-state index is 0.289. The van der Waals surface area contributed by atoms with Crippen molar-refractivity contribution in [3.8, 4) is 5.75 Å². The molecule has 0 N–H and O–H groups in total. The van der Waals surface area contributed by atoms with Crippen molar-refractivity contribution in [3.05, 3.63) is 30.3 Å². The van der Waals surface area contributed by atoms with Crippen molar-refractivity contribution in [1.82, 2.24) is 4.90 Å². The Labute approximate surface area is 85.5 Å². The Morgan fingerprint density at radius 3 is 2.50 bits per heavy atom. The van der Waals surface area contributed by atoms with Gasteiger partial charge < -0.3 is 4.74 Å².